The van der Waals surface area contributed by atoms with Gasteiger partial charge in [0.05, 0.1) is 18.2 Å². The van der Waals surface area contributed by atoms with Crippen LogP contribution < -0.4 is 4.74 Å². The molecule has 1 aliphatic carbocycles. The molecule has 0 saturated heterocycles. The molecular formula is C17H23N3O3S. The second-order valence-electron chi connectivity index (χ2n) is 6.21. The maximum atomic E-state index is 13.1. The predicted octanol–water partition coefficient (Wildman–Crippen LogP) is 2.43. The van der Waals surface area contributed by atoms with Crippen LogP contribution in [-0.4, -0.2) is 37.1 Å². The summed E-state index contributed by atoms with van der Waals surface area (Å²) in [6.45, 7) is 2.18. The third-order valence-electron chi connectivity index (χ3n) is 4.68. The molecule has 0 fully saturated rings. The Bertz CT molecular complexity index is 843. The lowest BCUT2D eigenvalue weighted by molar-refractivity contribution is 0.404. The lowest BCUT2D eigenvalue weighted by Gasteiger charge is -2.24. The minimum atomic E-state index is -3.56. The molecule has 7 heteroatoms. The van der Waals surface area contributed by atoms with Crippen LogP contribution >= 0.6 is 0 Å². The van der Waals surface area contributed by atoms with Crippen LogP contribution in [0.4, 0.5) is 0 Å². The van der Waals surface area contributed by atoms with Crippen LogP contribution in [0.5, 0.6) is 5.75 Å². The molecule has 24 heavy (non-hydrogen) atoms. The summed E-state index contributed by atoms with van der Waals surface area (Å²) < 4.78 is 33.0. The summed E-state index contributed by atoms with van der Waals surface area (Å²) in [5, 5.41) is 6.80. The number of nitrogens with zero attached hydrogens (tertiary/aromatic N) is 2. The smallest absolute Gasteiger partial charge is 0.243 e. The van der Waals surface area contributed by atoms with E-state index in [-0.39, 0.29) is 0 Å². The summed E-state index contributed by atoms with van der Waals surface area (Å²) in [7, 11) is -0.319. The topological polar surface area (TPSA) is 75.3 Å². The summed E-state index contributed by atoms with van der Waals surface area (Å²) >= 11 is 0. The highest BCUT2D eigenvalue weighted by molar-refractivity contribution is 7.89. The zero-order valence-corrected chi connectivity index (χ0v) is 15.1. The predicted molar refractivity (Wildman–Crippen MR) is 91.6 cm³/mol. The van der Waals surface area contributed by atoms with E-state index in [1.54, 1.807) is 32.5 Å². The molecule has 0 spiro atoms. The van der Waals surface area contributed by atoms with Crippen LogP contribution in [0.3, 0.4) is 0 Å². The fourth-order valence-corrected chi connectivity index (χ4v) is 4.68. The van der Waals surface area contributed by atoms with Gasteiger partial charge in [-0.25, -0.2) is 8.42 Å². The minimum absolute atomic E-state index is 0.297. The summed E-state index contributed by atoms with van der Waals surface area (Å²) in [6.07, 6.45) is 5.39. The van der Waals surface area contributed by atoms with Crippen LogP contribution in [-0.2, 0) is 29.4 Å². The summed E-state index contributed by atoms with van der Waals surface area (Å²) in [5.74, 6) is 0.789. The number of methoxy groups -OCH3 is 1. The number of aromatic amines is 1. The van der Waals surface area contributed by atoms with Crippen molar-refractivity contribution < 1.29 is 13.2 Å². The van der Waals surface area contributed by atoms with E-state index in [1.165, 1.54) is 4.31 Å². The molecule has 0 aliphatic heterocycles. The van der Waals surface area contributed by atoms with E-state index in [0.29, 0.717) is 11.4 Å². The Kier molecular flexibility index (Phi) is 4.64. The largest absolute Gasteiger partial charge is 0.496 e. The van der Waals surface area contributed by atoms with Crippen molar-refractivity contribution in [2.75, 3.05) is 14.2 Å². The molecule has 0 bridgehead atoms. The quantitative estimate of drug-likeness (QED) is 0.899. The number of hydrogen-bond acceptors (Lipinski definition) is 4. The molecule has 3 rings (SSSR count). The van der Waals surface area contributed by atoms with Crippen molar-refractivity contribution >= 4 is 10.0 Å². The van der Waals surface area contributed by atoms with Gasteiger partial charge in [0.25, 0.3) is 0 Å². The van der Waals surface area contributed by atoms with Gasteiger partial charge in [0.1, 0.15) is 5.75 Å². The number of nitrogens with one attached hydrogen (secondary N) is 1. The molecule has 0 amide bonds. The number of rotatable bonds is 5. The van der Waals surface area contributed by atoms with Gasteiger partial charge in [-0.15, -0.1) is 0 Å². The van der Waals surface area contributed by atoms with Crippen LogP contribution in [0.25, 0.3) is 0 Å². The highest BCUT2D eigenvalue weighted by Crippen LogP contribution is 2.35. The molecule has 0 radical (unpaired) electrons. The van der Waals surface area contributed by atoms with Gasteiger partial charge in [0.2, 0.25) is 10.0 Å². The second-order valence-corrected chi connectivity index (χ2v) is 8.22. The second kappa shape index (κ2) is 6.57. The molecule has 0 unspecified atom stereocenters. The monoisotopic (exact) mass is 349 g/mol. The zero-order valence-electron chi connectivity index (χ0n) is 14.3. The van der Waals surface area contributed by atoms with E-state index < -0.39 is 10.0 Å². The Labute approximate surface area is 142 Å². The van der Waals surface area contributed by atoms with Gasteiger partial charge in [-0.05, 0) is 55.9 Å². The summed E-state index contributed by atoms with van der Waals surface area (Å²) in [5.41, 5.74) is 3.71. The molecule has 1 heterocycles. The minimum Gasteiger partial charge on any atom is -0.496 e. The molecular weight excluding hydrogens is 326 g/mol. The molecule has 1 N–H and O–H groups in total. The third-order valence-corrected chi connectivity index (χ3v) is 6.57. The maximum absolute atomic E-state index is 13.1. The van der Waals surface area contributed by atoms with Crippen molar-refractivity contribution in [1.82, 2.24) is 14.5 Å². The van der Waals surface area contributed by atoms with Gasteiger partial charge in [0.15, 0.2) is 0 Å². The lowest BCUT2D eigenvalue weighted by atomic mass is 9.91. The van der Waals surface area contributed by atoms with Crippen molar-refractivity contribution in [3.05, 3.63) is 40.7 Å². The fraction of sp³-hybridized carbons (Fsp3) is 0.471. The number of H-pyrrole nitrogens is 1. The van der Waals surface area contributed by atoms with Crippen molar-refractivity contribution in [3.63, 3.8) is 0 Å². The Morgan fingerprint density at radius 3 is 2.58 bits per heavy atom. The maximum Gasteiger partial charge on any atom is 0.243 e. The van der Waals surface area contributed by atoms with E-state index in [1.807, 2.05) is 6.92 Å². The number of sulfonamides is 1. The normalized spacial score (nSPS) is 14.7. The highest BCUT2D eigenvalue weighted by Gasteiger charge is 2.28. The summed E-state index contributed by atoms with van der Waals surface area (Å²) in [6, 6.07) is 3.45. The van der Waals surface area contributed by atoms with Crippen LogP contribution in [0.15, 0.2) is 23.2 Å². The molecule has 1 aliphatic rings. The number of aryl methyl sites for hydroxylation is 1. The Morgan fingerprint density at radius 2 is 1.96 bits per heavy atom. The van der Waals surface area contributed by atoms with Gasteiger partial charge < -0.3 is 4.74 Å². The molecule has 130 valence electrons. The van der Waals surface area contributed by atoms with E-state index in [2.05, 4.69) is 10.2 Å². The van der Waals surface area contributed by atoms with Crippen LogP contribution in [0, 0.1) is 6.92 Å². The molecule has 1 aromatic carbocycles. The molecule has 6 nitrogen and oxygen atoms in total. The number of aromatic nitrogens is 2. The van der Waals surface area contributed by atoms with Gasteiger partial charge in [-0.2, -0.15) is 9.40 Å². The zero-order chi connectivity index (χ0) is 17.3. The van der Waals surface area contributed by atoms with Crippen LogP contribution in [0.1, 0.15) is 35.2 Å². The van der Waals surface area contributed by atoms with Crippen molar-refractivity contribution in [3.8, 4) is 5.75 Å². The third kappa shape index (κ3) is 2.93. The van der Waals surface area contributed by atoms with E-state index in [9.17, 15) is 8.42 Å². The number of ether oxygens (including phenoxy) is 1. The van der Waals surface area contributed by atoms with Gasteiger partial charge in [0, 0.05) is 24.8 Å². The first kappa shape index (κ1) is 17.0. The number of fused-ring (bicyclic) bond motifs is 1. The van der Waals surface area contributed by atoms with Gasteiger partial charge >= 0.3 is 0 Å². The first-order chi connectivity index (χ1) is 11.4. The Hall–Kier alpha value is -1.86. The van der Waals surface area contributed by atoms with Crippen molar-refractivity contribution in [1.29, 1.82) is 0 Å². The Morgan fingerprint density at radius 1 is 1.25 bits per heavy atom. The lowest BCUT2D eigenvalue weighted by Crippen LogP contribution is -2.28. The Balaban J connectivity index is 1.99. The molecule has 0 atom stereocenters. The average molecular weight is 349 g/mol. The van der Waals surface area contributed by atoms with Crippen LogP contribution in [0.2, 0.25) is 0 Å². The van der Waals surface area contributed by atoms with E-state index in [4.69, 9.17) is 4.74 Å². The average Bonchev–Trinajstić information content (AvgIpc) is 2.98. The van der Waals surface area contributed by atoms with Gasteiger partial charge in [-0.1, -0.05) is 0 Å². The number of hydrogen-bond donors (Lipinski definition) is 1. The fourth-order valence-electron chi connectivity index (χ4n) is 3.26. The van der Waals surface area contributed by atoms with E-state index >= 15 is 0 Å². The number of benzene rings is 1. The highest BCUT2D eigenvalue weighted by atomic mass is 32.2. The molecule has 2 aromatic rings. The van der Waals surface area contributed by atoms with Crippen molar-refractivity contribution in [2.24, 2.45) is 0 Å². The first-order valence-electron chi connectivity index (χ1n) is 8.09. The van der Waals surface area contributed by atoms with Gasteiger partial charge in [-0.3, -0.25) is 5.10 Å². The van der Waals surface area contributed by atoms with Crippen molar-refractivity contribution in [2.45, 2.75) is 44.0 Å². The standard InChI is InChI=1S/C17H23N3O3S/c1-12-13(10-18-19-12)11-20(2)24(21,22)17-9-8-16(23-3)14-6-4-5-7-15(14)17/h8-10H,4-7,11H2,1-3H3,(H,18,19). The summed E-state index contributed by atoms with van der Waals surface area (Å²) in [4.78, 5) is 0.404. The molecule has 1 aromatic heterocycles. The molecule has 0 saturated carbocycles. The first-order valence-corrected chi connectivity index (χ1v) is 9.53. The SMILES string of the molecule is COc1ccc(S(=O)(=O)N(C)Cc2cn[nH]c2C)c2c1CCCC2. The van der Waals surface area contributed by atoms with E-state index in [0.717, 1.165) is 53.8 Å².